The van der Waals surface area contributed by atoms with E-state index in [1.165, 1.54) is 24.5 Å². The number of ether oxygens (including phenoxy) is 1. The van der Waals surface area contributed by atoms with Crippen LogP contribution in [0.25, 0.3) is 11.3 Å². The Bertz CT molecular complexity index is 1030. The lowest BCUT2D eigenvalue weighted by molar-refractivity contribution is 0.321. The van der Waals surface area contributed by atoms with Crippen molar-refractivity contribution in [2.45, 2.75) is 18.4 Å². The summed E-state index contributed by atoms with van der Waals surface area (Å²) in [6, 6.07) is 7.05. The third-order valence-electron chi connectivity index (χ3n) is 3.65. The molecular formula is C18H17FN4O3S. The summed E-state index contributed by atoms with van der Waals surface area (Å²) in [5.41, 5.74) is 1.67. The van der Waals surface area contributed by atoms with Gasteiger partial charge in [-0.25, -0.2) is 17.5 Å². The number of sulfonamides is 1. The maximum absolute atomic E-state index is 14.0. The molecule has 2 aromatic heterocycles. The van der Waals surface area contributed by atoms with E-state index in [1.54, 1.807) is 31.5 Å². The Morgan fingerprint density at radius 1 is 1.15 bits per heavy atom. The van der Waals surface area contributed by atoms with Crippen molar-refractivity contribution in [3.05, 3.63) is 66.6 Å². The molecule has 1 aromatic carbocycles. The molecule has 2 heterocycles. The summed E-state index contributed by atoms with van der Waals surface area (Å²) in [4.78, 5) is 12.3. The van der Waals surface area contributed by atoms with Crippen molar-refractivity contribution in [3.63, 3.8) is 0 Å². The van der Waals surface area contributed by atoms with E-state index in [1.807, 2.05) is 0 Å². The fourth-order valence-corrected chi connectivity index (χ4v) is 3.41. The monoisotopic (exact) mass is 388 g/mol. The molecule has 7 nitrogen and oxygen atoms in total. The molecule has 0 saturated carbocycles. The van der Waals surface area contributed by atoms with E-state index in [0.29, 0.717) is 17.0 Å². The maximum Gasteiger partial charge on any atom is 0.241 e. The Morgan fingerprint density at radius 3 is 2.67 bits per heavy atom. The van der Waals surface area contributed by atoms with Crippen LogP contribution in [0.4, 0.5) is 4.39 Å². The van der Waals surface area contributed by atoms with Crippen LogP contribution >= 0.6 is 0 Å². The van der Waals surface area contributed by atoms with Gasteiger partial charge >= 0.3 is 0 Å². The van der Waals surface area contributed by atoms with Crippen LogP contribution in [0.1, 0.15) is 12.6 Å². The molecule has 0 unspecified atom stereocenters. The lowest BCUT2D eigenvalue weighted by atomic mass is 10.1. The second-order valence-electron chi connectivity index (χ2n) is 5.44. The topological polar surface area (TPSA) is 94.1 Å². The van der Waals surface area contributed by atoms with Crippen LogP contribution in [0, 0.1) is 5.82 Å². The van der Waals surface area contributed by atoms with Gasteiger partial charge in [0.2, 0.25) is 10.0 Å². The van der Waals surface area contributed by atoms with Crippen molar-refractivity contribution in [1.82, 2.24) is 19.7 Å². The SMILES string of the molecule is CCOc1ccc(S(=O)(=O)NCc2nccnc2-c2cccnc2)cc1F. The average molecular weight is 388 g/mol. The zero-order valence-electron chi connectivity index (χ0n) is 14.5. The smallest absolute Gasteiger partial charge is 0.241 e. The van der Waals surface area contributed by atoms with Gasteiger partial charge in [-0.1, -0.05) is 0 Å². The van der Waals surface area contributed by atoms with Crippen LogP contribution < -0.4 is 9.46 Å². The Hall–Kier alpha value is -2.91. The zero-order chi connectivity index (χ0) is 19.3. The molecule has 3 aromatic rings. The first-order chi connectivity index (χ1) is 13.0. The second kappa shape index (κ2) is 8.19. The number of hydrogen-bond acceptors (Lipinski definition) is 6. The largest absolute Gasteiger partial charge is 0.491 e. The number of aromatic nitrogens is 3. The number of benzene rings is 1. The number of halogens is 1. The van der Waals surface area contributed by atoms with Crippen molar-refractivity contribution < 1.29 is 17.5 Å². The molecule has 0 radical (unpaired) electrons. The van der Waals surface area contributed by atoms with E-state index in [-0.39, 0.29) is 23.8 Å². The first-order valence-corrected chi connectivity index (χ1v) is 9.62. The van der Waals surface area contributed by atoms with Gasteiger partial charge in [-0.15, -0.1) is 0 Å². The molecule has 0 aliphatic rings. The van der Waals surface area contributed by atoms with Gasteiger partial charge in [0.05, 0.1) is 29.4 Å². The molecule has 27 heavy (non-hydrogen) atoms. The predicted octanol–water partition coefficient (Wildman–Crippen LogP) is 2.55. The van der Waals surface area contributed by atoms with Crippen molar-refractivity contribution in [2.75, 3.05) is 6.61 Å². The number of nitrogens with one attached hydrogen (secondary N) is 1. The molecule has 0 aliphatic heterocycles. The zero-order valence-corrected chi connectivity index (χ0v) is 15.3. The number of hydrogen-bond donors (Lipinski definition) is 1. The molecule has 1 N–H and O–H groups in total. The first kappa shape index (κ1) is 18.9. The third-order valence-corrected chi connectivity index (χ3v) is 5.05. The van der Waals surface area contributed by atoms with Gasteiger partial charge in [-0.2, -0.15) is 0 Å². The van der Waals surface area contributed by atoms with Crippen LogP contribution in [0.3, 0.4) is 0 Å². The van der Waals surface area contributed by atoms with Crippen molar-refractivity contribution in [2.24, 2.45) is 0 Å². The standard InChI is InChI=1S/C18H17FN4O3S/c1-2-26-17-6-5-14(10-15(17)19)27(24,25)23-12-16-18(22-9-8-21-16)13-4-3-7-20-11-13/h3-11,23H,2,12H2,1H3. The lowest BCUT2D eigenvalue weighted by Gasteiger charge is -2.11. The fourth-order valence-electron chi connectivity index (χ4n) is 2.41. The number of pyridine rings is 1. The normalized spacial score (nSPS) is 11.3. The minimum Gasteiger partial charge on any atom is -0.491 e. The molecule has 0 amide bonds. The molecule has 3 rings (SSSR count). The molecule has 0 saturated heterocycles. The summed E-state index contributed by atoms with van der Waals surface area (Å²) < 4.78 is 46.5. The summed E-state index contributed by atoms with van der Waals surface area (Å²) >= 11 is 0. The van der Waals surface area contributed by atoms with Crippen molar-refractivity contribution in [1.29, 1.82) is 0 Å². The van der Waals surface area contributed by atoms with Gasteiger partial charge in [0.25, 0.3) is 0 Å². The Morgan fingerprint density at radius 2 is 1.96 bits per heavy atom. The van der Waals surface area contributed by atoms with Gasteiger partial charge in [-0.3, -0.25) is 15.0 Å². The molecule has 0 bridgehead atoms. The van der Waals surface area contributed by atoms with E-state index in [2.05, 4.69) is 19.7 Å². The van der Waals surface area contributed by atoms with Crippen LogP contribution in [0.5, 0.6) is 5.75 Å². The Kier molecular flexibility index (Phi) is 5.72. The van der Waals surface area contributed by atoms with E-state index in [9.17, 15) is 12.8 Å². The highest BCUT2D eigenvalue weighted by Crippen LogP contribution is 2.22. The maximum atomic E-state index is 14.0. The minimum atomic E-state index is -3.94. The number of rotatable bonds is 7. The van der Waals surface area contributed by atoms with Crippen LogP contribution in [-0.4, -0.2) is 30.0 Å². The summed E-state index contributed by atoms with van der Waals surface area (Å²) in [5, 5.41) is 0. The second-order valence-corrected chi connectivity index (χ2v) is 7.21. The molecule has 9 heteroatoms. The Labute approximate surface area is 156 Å². The summed E-state index contributed by atoms with van der Waals surface area (Å²) in [6.45, 7) is 1.90. The van der Waals surface area contributed by atoms with Gasteiger partial charge in [0.1, 0.15) is 0 Å². The highest BCUT2D eigenvalue weighted by molar-refractivity contribution is 7.89. The van der Waals surface area contributed by atoms with E-state index in [0.717, 1.165) is 6.07 Å². The molecular weight excluding hydrogens is 371 g/mol. The van der Waals surface area contributed by atoms with Crippen molar-refractivity contribution >= 4 is 10.0 Å². The van der Waals surface area contributed by atoms with Gasteiger partial charge < -0.3 is 4.74 Å². The minimum absolute atomic E-state index is 0.00393. The lowest BCUT2D eigenvalue weighted by Crippen LogP contribution is -2.24. The third kappa shape index (κ3) is 4.44. The number of nitrogens with zero attached hydrogens (tertiary/aromatic N) is 3. The molecule has 140 valence electrons. The van der Waals surface area contributed by atoms with Crippen LogP contribution in [0.15, 0.2) is 60.0 Å². The fraction of sp³-hybridized carbons (Fsp3) is 0.167. The van der Waals surface area contributed by atoms with Crippen molar-refractivity contribution in [3.8, 4) is 17.0 Å². The van der Waals surface area contributed by atoms with E-state index >= 15 is 0 Å². The van der Waals surface area contributed by atoms with E-state index in [4.69, 9.17) is 4.74 Å². The Balaban J connectivity index is 1.82. The van der Waals surface area contributed by atoms with Gasteiger partial charge in [0, 0.05) is 30.4 Å². The molecule has 0 spiro atoms. The van der Waals surface area contributed by atoms with Gasteiger partial charge in [-0.05, 0) is 37.3 Å². The van der Waals surface area contributed by atoms with E-state index < -0.39 is 15.8 Å². The van der Waals surface area contributed by atoms with Gasteiger partial charge in [0.15, 0.2) is 11.6 Å². The molecule has 0 aliphatic carbocycles. The quantitative estimate of drug-likeness (QED) is 0.669. The first-order valence-electron chi connectivity index (χ1n) is 8.13. The predicted molar refractivity (Wildman–Crippen MR) is 96.9 cm³/mol. The summed E-state index contributed by atoms with van der Waals surface area (Å²) in [6.07, 6.45) is 6.23. The highest BCUT2D eigenvalue weighted by atomic mass is 32.2. The molecule has 0 fully saturated rings. The van der Waals surface area contributed by atoms with Crippen LogP contribution in [0.2, 0.25) is 0 Å². The highest BCUT2D eigenvalue weighted by Gasteiger charge is 2.18. The van der Waals surface area contributed by atoms with Crippen LogP contribution in [-0.2, 0) is 16.6 Å². The average Bonchev–Trinajstić information content (AvgIpc) is 2.69. The summed E-state index contributed by atoms with van der Waals surface area (Å²) in [7, 11) is -3.94. The molecule has 0 atom stereocenters. The summed E-state index contributed by atoms with van der Waals surface area (Å²) in [5.74, 6) is -0.737.